The molecular weight excluding hydrogens is 411 g/mol. The zero-order valence-corrected chi connectivity index (χ0v) is 18.6. The van der Waals surface area contributed by atoms with Crippen LogP contribution in [0.2, 0.25) is 0 Å². The summed E-state index contributed by atoms with van der Waals surface area (Å²) in [5.74, 6) is 0.0150. The van der Waals surface area contributed by atoms with E-state index < -0.39 is 5.60 Å². The molecule has 3 aromatic rings. The number of hydrogen-bond donors (Lipinski definition) is 3. The number of fused-ring (bicyclic) bond motifs is 1. The number of rotatable bonds is 7. The molecule has 2 aromatic heterocycles. The molecule has 4 rings (SSSR count). The van der Waals surface area contributed by atoms with Crippen molar-refractivity contribution in [3.05, 3.63) is 59.3 Å². The second-order valence-corrected chi connectivity index (χ2v) is 8.44. The van der Waals surface area contributed by atoms with E-state index in [4.69, 9.17) is 9.47 Å². The van der Waals surface area contributed by atoms with Crippen LogP contribution in [-0.2, 0) is 11.2 Å². The Bertz CT molecular complexity index is 1160. The lowest BCUT2D eigenvalue weighted by atomic mass is 10.0. The first-order chi connectivity index (χ1) is 15.3. The molecular formula is C24H27FN4O3. The Morgan fingerprint density at radius 3 is 2.88 bits per heavy atom. The molecule has 0 radical (unpaired) electrons. The maximum Gasteiger partial charge on any atom is 0.255 e. The molecule has 7 nitrogen and oxygen atoms in total. The Hall–Kier alpha value is -3.39. The number of nitrogens with one attached hydrogen (secondary N) is 3. The minimum Gasteiger partial charge on any atom is -0.488 e. The number of aromatic amines is 1. The lowest BCUT2D eigenvalue weighted by Crippen LogP contribution is -2.31. The van der Waals surface area contributed by atoms with Crippen LogP contribution in [0.4, 0.5) is 15.8 Å². The van der Waals surface area contributed by atoms with Gasteiger partial charge in [-0.25, -0.2) is 4.39 Å². The summed E-state index contributed by atoms with van der Waals surface area (Å²) in [5, 5.41) is 6.19. The first kappa shape index (κ1) is 21.8. The van der Waals surface area contributed by atoms with Gasteiger partial charge < -0.3 is 25.1 Å². The monoisotopic (exact) mass is 438 g/mol. The number of H-pyrrole nitrogens is 1. The van der Waals surface area contributed by atoms with Crippen molar-refractivity contribution in [2.75, 3.05) is 25.6 Å². The smallest absolute Gasteiger partial charge is 0.255 e. The summed E-state index contributed by atoms with van der Waals surface area (Å²) in [6.45, 7) is 6.61. The maximum absolute atomic E-state index is 14.0. The molecule has 0 atom stereocenters. The summed E-state index contributed by atoms with van der Waals surface area (Å²) in [4.78, 5) is 20.4. The van der Waals surface area contributed by atoms with Crippen LogP contribution >= 0.6 is 0 Å². The molecule has 3 heterocycles. The number of ether oxygens (including phenoxy) is 2. The van der Waals surface area contributed by atoms with Gasteiger partial charge in [0.15, 0.2) is 0 Å². The SMILES string of the molecule is COC(C)(C)COc1cnccc1-c1[nH]c2c(c1Nc1cc(F)ccc1C)C(=O)NCC2. The van der Waals surface area contributed by atoms with Crippen LogP contribution in [0.5, 0.6) is 5.75 Å². The van der Waals surface area contributed by atoms with E-state index in [1.165, 1.54) is 12.1 Å². The second-order valence-electron chi connectivity index (χ2n) is 8.44. The van der Waals surface area contributed by atoms with Crippen LogP contribution in [-0.4, -0.2) is 41.7 Å². The predicted molar refractivity (Wildman–Crippen MR) is 121 cm³/mol. The fourth-order valence-corrected chi connectivity index (χ4v) is 3.58. The van der Waals surface area contributed by atoms with Crippen molar-refractivity contribution in [1.29, 1.82) is 0 Å². The average molecular weight is 439 g/mol. The third kappa shape index (κ3) is 4.31. The minimum absolute atomic E-state index is 0.178. The van der Waals surface area contributed by atoms with E-state index in [-0.39, 0.29) is 11.7 Å². The molecule has 0 bridgehead atoms. The highest BCUT2D eigenvalue weighted by Gasteiger charge is 2.29. The number of anilines is 2. The molecule has 0 saturated heterocycles. The van der Waals surface area contributed by atoms with Gasteiger partial charge in [0.1, 0.15) is 18.2 Å². The largest absolute Gasteiger partial charge is 0.488 e. The van der Waals surface area contributed by atoms with E-state index >= 15 is 0 Å². The van der Waals surface area contributed by atoms with Gasteiger partial charge in [0.25, 0.3) is 5.91 Å². The van der Waals surface area contributed by atoms with E-state index in [0.717, 1.165) is 16.8 Å². The van der Waals surface area contributed by atoms with Crippen molar-refractivity contribution < 1.29 is 18.7 Å². The Kier molecular flexibility index (Phi) is 5.88. The molecule has 8 heteroatoms. The number of pyridine rings is 1. The molecule has 168 valence electrons. The molecule has 0 fully saturated rings. The van der Waals surface area contributed by atoms with Crippen molar-refractivity contribution in [1.82, 2.24) is 15.3 Å². The van der Waals surface area contributed by atoms with Gasteiger partial charge in [-0.1, -0.05) is 6.07 Å². The molecule has 0 spiro atoms. The number of carbonyl (C=O) groups excluding carboxylic acids is 1. The van der Waals surface area contributed by atoms with Crippen LogP contribution in [0.15, 0.2) is 36.7 Å². The van der Waals surface area contributed by atoms with Crippen molar-refractivity contribution in [2.24, 2.45) is 0 Å². The van der Waals surface area contributed by atoms with E-state index in [0.29, 0.717) is 48.0 Å². The Morgan fingerprint density at radius 2 is 2.09 bits per heavy atom. The van der Waals surface area contributed by atoms with Crippen LogP contribution in [0, 0.1) is 12.7 Å². The minimum atomic E-state index is -0.484. The van der Waals surface area contributed by atoms with Crippen LogP contribution in [0.3, 0.4) is 0 Å². The van der Waals surface area contributed by atoms with Crippen molar-refractivity contribution in [3.63, 3.8) is 0 Å². The quantitative estimate of drug-likeness (QED) is 0.510. The lowest BCUT2D eigenvalue weighted by Gasteiger charge is -2.23. The van der Waals surface area contributed by atoms with Crippen LogP contribution < -0.4 is 15.4 Å². The number of halogens is 1. The standard InChI is InChI=1S/C24H27FN4O3/c1-14-5-6-15(25)11-18(14)29-22-20-17(8-10-27-23(20)30)28-21(22)16-7-9-26-12-19(16)32-13-24(2,3)31-4/h5-7,9,11-12,28-29H,8,10,13H2,1-4H3,(H,27,30). The number of hydrogen-bond acceptors (Lipinski definition) is 5. The van der Waals surface area contributed by atoms with Crippen molar-refractivity contribution in [3.8, 4) is 17.0 Å². The van der Waals surface area contributed by atoms with Gasteiger partial charge in [0.2, 0.25) is 0 Å². The van der Waals surface area contributed by atoms with Gasteiger partial charge in [-0.15, -0.1) is 0 Å². The van der Waals surface area contributed by atoms with Crippen molar-refractivity contribution in [2.45, 2.75) is 32.8 Å². The molecule has 1 aliphatic heterocycles. The molecule has 0 aliphatic carbocycles. The van der Waals surface area contributed by atoms with Crippen LogP contribution in [0.1, 0.15) is 35.5 Å². The maximum atomic E-state index is 14.0. The zero-order valence-electron chi connectivity index (χ0n) is 18.6. The Labute approximate surface area is 186 Å². The summed E-state index contributed by atoms with van der Waals surface area (Å²) in [5.41, 5.74) is 4.30. The molecule has 1 amide bonds. The summed E-state index contributed by atoms with van der Waals surface area (Å²) >= 11 is 0. The van der Waals surface area contributed by atoms with Gasteiger partial charge >= 0.3 is 0 Å². The first-order valence-electron chi connectivity index (χ1n) is 10.5. The van der Waals surface area contributed by atoms with Gasteiger partial charge in [0, 0.05) is 43.2 Å². The highest BCUT2D eigenvalue weighted by Crippen LogP contribution is 2.40. The number of benzene rings is 1. The summed E-state index contributed by atoms with van der Waals surface area (Å²) in [7, 11) is 1.63. The number of nitrogens with zero attached hydrogens (tertiary/aromatic N) is 1. The molecule has 0 saturated carbocycles. The van der Waals surface area contributed by atoms with Crippen LogP contribution in [0.25, 0.3) is 11.3 Å². The summed E-state index contributed by atoms with van der Waals surface area (Å²) in [6.07, 6.45) is 3.97. The Morgan fingerprint density at radius 1 is 1.28 bits per heavy atom. The lowest BCUT2D eigenvalue weighted by molar-refractivity contribution is -0.0146. The Balaban J connectivity index is 1.82. The fourth-order valence-electron chi connectivity index (χ4n) is 3.58. The molecule has 1 aliphatic rings. The zero-order chi connectivity index (χ0) is 22.9. The number of carbonyl (C=O) groups is 1. The molecule has 1 aromatic carbocycles. The molecule has 0 unspecified atom stereocenters. The third-order valence-corrected chi connectivity index (χ3v) is 5.61. The normalized spacial score (nSPS) is 13.5. The number of amides is 1. The number of methoxy groups -OCH3 is 1. The van der Waals surface area contributed by atoms with Gasteiger partial charge in [-0.05, 0) is 44.5 Å². The predicted octanol–water partition coefficient (Wildman–Crippen LogP) is 4.36. The first-order valence-corrected chi connectivity index (χ1v) is 10.5. The summed E-state index contributed by atoms with van der Waals surface area (Å²) < 4.78 is 25.5. The van der Waals surface area contributed by atoms with E-state index in [2.05, 4.69) is 20.6 Å². The fraction of sp³-hybridized carbons (Fsp3) is 0.333. The van der Waals surface area contributed by atoms with Crippen molar-refractivity contribution >= 4 is 17.3 Å². The van der Waals surface area contributed by atoms with Gasteiger partial charge in [-0.2, -0.15) is 0 Å². The third-order valence-electron chi connectivity index (χ3n) is 5.61. The van der Waals surface area contributed by atoms with Gasteiger partial charge in [-0.3, -0.25) is 9.78 Å². The topological polar surface area (TPSA) is 88.3 Å². The molecule has 3 N–H and O–H groups in total. The second kappa shape index (κ2) is 8.63. The van der Waals surface area contributed by atoms with E-state index in [1.54, 1.807) is 25.6 Å². The number of aromatic nitrogens is 2. The number of aryl methyl sites for hydroxylation is 1. The van der Waals surface area contributed by atoms with E-state index in [9.17, 15) is 9.18 Å². The summed E-state index contributed by atoms with van der Waals surface area (Å²) in [6, 6.07) is 6.36. The van der Waals surface area contributed by atoms with Gasteiger partial charge in [0.05, 0.1) is 28.7 Å². The highest BCUT2D eigenvalue weighted by atomic mass is 19.1. The van der Waals surface area contributed by atoms with E-state index in [1.807, 2.05) is 26.8 Å². The molecule has 32 heavy (non-hydrogen) atoms. The highest BCUT2D eigenvalue weighted by molar-refractivity contribution is 6.06. The average Bonchev–Trinajstić information content (AvgIpc) is 3.14.